The molecule has 1 amide bonds. The van der Waals surface area contributed by atoms with Gasteiger partial charge in [0.25, 0.3) is 5.56 Å². The maximum absolute atomic E-state index is 12.9. The standard InChI is InChI=1S/C22H15ClF3N3O3S/c1-32-14-5-2-12(3-6-14)15-10-33-20-19(15)27-11-29(21(20)31)9-18(30)28-17-8-13(22(24,25)26)4-7-16(17)23/h2-8,10-11H,9H2,1H3,(H,28,30). The van der Waals surface area contributed by atoms with Gasteiger partial charge in [-0.05, 0) is 35.9 Å². The molecule has 0 aliphatic heterocycles. The van der Waals surface area contributed by atoms with E-state index in [4.69, 9.17) is 16.3 Å². The maximum Gasteiger partial charge on any atom is 0.416 e. The van der Waals surface area contributed by atoms with Crippen LogP contribution in [0, 0.1) is 0 Å². The van der Waals surface area contributed by atoms with E-state index >= 15 is 0 Å². The van der Waals surface area contributed by atoms with Crippen LogP contribution < -0.4 is 15.6 Å². The number of hydrogen-bond acceptors (Lipinski definition) is 5. The molecule has 0 atom stereocenters. The molecule has 0 saturated carbocycles. The van der Waals surface area contributed by atoms with Gasteiger partial charge in [-0.25, -0.2) is 4.98 Å². The first-order chi connectivity index (χ1) is 15.7. The van der Waals surface area contributed by atoms with E-state index in [1.165, 1.54) is 17.7 Å². The Labute approximate surface area is 194 Å². The fraction of sp³-hybridized carbons (Fsp3) is 0.136. The Balaban J connectivity index is 1.58. The summed E-state index contributed by atoms with van der Waals surface area (Å²) in [6, 6.07) is 9.89. The molecular formula is C22H15ClF3N3O3S. The first-order valence-corrected chi connectivity index (χ1v) is 10.7. The topological polar surface area (TPSA) is 73.2 Å². The molecule has 0 bridgehead atoms. The van der Waals surface area contributed by atoms with Crippen molar-refractivity contribution < 1.29 is 22.7 Å². The monoisotopic (exact) mass is 493 g/mol. The van der Waals surface area contributed by atoms with Crippen LogP contribution in [0.2, 0.25) is 5.02 Å². The molecule has 0 radical (unpaired) electrons. The number of benzene rings is 2. The Morgan fingerprint density at radius 3 is 2.61 bits per heavy atom. The number of carbonyl (C=O) groups is 1. The minimum Gasteiger partial charge on any atom is -0.497 e. The molecule has 0 aliphatic rings. The molecule has 33 heavy (non-hydrogen) atoms. The number of nitrogens with zero attached hydrogens (tertiary/aromatic N) is 2. The summed E-state index contributed by atoms with van der Waals surface area (Å²) in [6.07, 6.45) is -3.35. The third-order valence-corrected chi connectivity index (χ3v) is 6.12. The Morgan fingerprint density at radius 1 is 1.21 bits per heavy atom. The second-order valence-corrected chi connectivity index (χ2v) is 8.26. The molecule has 0 unspecified atom stereocenters. The Hall–Kier alpha value is -3.37. The summed E-state index contributed by atoms with van der Waals surface area (Å²) in [4.78, 5) is 29.6. The zero-order chi connectivity index (χ0) is 23.8. The van der Waals surface area contributed by atoms with Gasteiger partial charge in [-0.2, -0.15) is 13.2 Å². The fourth-order valence-electron chi connectivity index (χ4n) is 3.17. The van der Waals surface area contributed by atoms with Crippen LogP contribution >= 0.6 is 22.9 Å². The van der Waals surface area contributed by atoms with E-state index in [9.17, 15) is 22.8 Å². The van der Waals surface area contributed by atoms with Crippen LogP contribution in [0.5, 0.6) is 5.75 Å². The largest absolute Gasteiger partial charge is 0.497 e. The molecule has 4 rings (SSSR count). The molecular weight excluding hydrogens is 479 g/mol. The normalized spacial score (nSPS) is 11.5. The van der Waals surface area contributed by atoms with Gasteiger partial charge in [0.15, 0.2) is 0 Å². The SMILES string of the molecule is COc1ccc(-c2csc3c(=O)n(CC(=O)Nc4cc(C(F)(F)F)ccc4Cl)cnc23)cc1. The summed E-state index contributed by atoms with van der Waals surface area (Å²) in [5.41, 5.74) is 0.525. The lowest BCUT2D eigenvalue weighted by molar-refractivity contribution is -0.137. The molecule has 0 saturated heterocycles. The molecule has 2 aromatic heterocycles. The number of rotatable bonds is 5. The van der Waals surface area contributed by atoms with Crippen LogP contribution in [-0.2, 0) is 17.5 Å². The summed E-state index contributed by atoms with van der Waals surface area (Å²) in [5.74, 6) is -0.0214. The van der Waals surface area contributed by atoms with Crippen LogP contribution in [0.25, 0.3) is 21.3 Å². The predicted molar refractivity (Wildman–Crippen MR) is 121 cm³/mol. The highest BCUT2D eigenvalue weighted by atomic mass is 35.5. The van der Waals surface area contributed by atoms with Crippen molar-refractivity contribution in [2.75, 3.05) is 12.4 Å². The number of hydrogen-bond donors (Lipinski definition) is 1. The van der Waals surface area contributed by atoms with Crippen molar-refractivity contribution in [3.05, 3.63) is 75.1 Å². The van der Waals surface area contributed by atoms with E-state index in [0.29, 0.717) is 16.0 Å². The fourth-order valence-corrected chi connectivity index (χ4v) is 4.31. The third-order valence-electron chi connectivity index (χ3n) is 4.83. The van der Waals surface area contributed by atoms with Crippen molar-refractivity contribution in [1.82, 2.24) is 9.55 Å². The van der Waals surface area contributed by atoms with Gasteiger partial charge in [0, 0.05) is 10.9 Å². The molecule has 0 fully saturated rings. The summed E-state index contributed by atoms with van der Waals surface area (Å²) in [7, 11) is 1.57. The minimum absolute atomic E-state index is 0.0559. The number of aromatic nitrogens is 2. The smallest absolute Gasteiger partial charge is 0.416 e. The number of amides is 1. The average molecular weight is 494 g/mol. The van der Waals surface area contributed by atoms with Crippen LogP contribution in [0.15, 0.2) is 59.0 Å². The molecule has 2 aromatic carbocycles. The van der Waals surface area contributed by atoms with Crippen molar-refractivity contribution in [2.45, 2.75) is 12.7 Å². The zero-order valence-electron chi connectivity index (χ0n) is 16.9. The van der Waals surface area contributed by atoms with Crippen molar-refractivity contribution in [3.63, 3.8) is 0 Å². The van der Waals surface area contributed by atoms with Crippen molar-refractivity contribution in [3.8, 4) is 16.9 Å². The van der Waals surface area contributed by atoms with Crippen molar-refractivity contribution >= 4 is 44.7 Å². The second kappa shape index (κ2) is 8.87. The second-order valence-electron chi connectivity index (χ2n) is 6.97. The van der Waals surface area contributed by atoms with E-state index in [1.54, 1.807) is 24.6 Å². The van der Waals surface area contributed by atoms with Gasteiger partial charge in [0.05, 0.1) is 35.2 Å². The van der Waals surface area contributed by atoms with E-state index in [-0.39, 0.29) is 10.7 Å². The van der Waals surface area contributed by atoms with E-state index < -0.39 is 29.8 Å². The molecule has 6 nitrogen and oxygen atoms in total. The van der Waals surface area contributed by atoms with Gasteiger partial charge < -0.3 is 10.1 Å². The van der Waals surface area contributed by atoms with Crippen molar-refractivity contribution in [1.29, 1.82) is 0 Å². The molecule has 2 heterocycles. The maximum atomic E-state index is 12.9. The Bertz CT molecular complexity index is 1400. The number of nitrogens with one attached hydrogen (secondary N) is 1. The van der Waals surface area contributed by atoms with E-state index in [2.05, 4.69) is 10.3 Å². The first-order valence-electron chi connectivity index (χ1n) is 9.45. The molecule has 11 heteroatoms. The van der Waals surface area contributed by atoms with Gasteiger partial charge in [-0.15, -0.1) is 11.3 Å². The van der Waals surface area contributed by atoms with E-state index in [1.807, 2.05) is 12.1 Å². The first kappa shape index (κ1) is 22.8. The number of fused-ring (bicyclic) bond motifs is 1. The zero-order valence-corrected chi connectivity index (χ0v) is 18.5. The number of alkyl halides is 3. The molecule has 0 spiro atoms. The highest BCUT2D eigenvalue weighted by Crippen LogP contribution is 2.34. The summed E-state index contributed by atoms with van der Waals surface area (Å²) < 4.78 is 45.4. The predicted octanol–water partition coefficient (Wildman–Crippen LogP) is 5.44. The molecule has 4 aromatic rings. The highest BCUT2D eigenvalue weighted by Gasteiger charge is 2.31. The minimum atomic E-state index is -4.59. The summed E-state index contributed by atoms with van der Waals surface area (Å²) in [6.45, 7) is -0.440. The molecule has 0 aliphatic carbocycles. The van der Waals surface area contributed by atoms with Crippen LogP contribution in [-0.4, -0.2) is 22.6 Å². The van der Waals surface area contributed by atoms with Crippen LogP contribution in [0.3, 0.4) is 0 Å². The number of thiophene rings is 1. The lowest BCUT2D eigenvalue weighted by atomic mass is 10.1. The van der Waals surface area contributed by atoms with Crippen molar-refractivity contribution in [2.24, 2.45) is 0 Å². The van der Waals surface area contributed by atoms with Gasteiger partial charge in [0.1, 0.15) is 17.0 Å². The number of ether oxygens (including phenoxy) is 1. The average Bonchev–Trinajstić information content (AvgIpc) is 3.21. The lowest BCUT2D eigenvalue weighted by Gasteiger charge is -2.12. The number of halogens is 4. The van der Waals surface area contributed by atoms with Crippen LogP contribution in [0.4, 0.5) is 18.9 Å². The van der Waals surface area contributed by atoms with Gasteiger partial charge in [-0.1, -0.05) is 23.7 Å². The quantitative estimate of drug-likeness (QED) is 0.401. The molecule has 170 valence electrons. The third kappa shape index (κ3) is 4.71. The van der Waals surface area contributed by atoms with Crippen LogP contribution in [0.1, 0.15) is 5.56 Å². The lowest BCUT2D eigenvalue weighted by Crippen LogP contribution is -2.27. The van der Waals surface area contributed by atoms with Gasteiger partial charge >= 0.3 is 6.18 Å². The number of anilines is 1. The number of carbonyl (C=O) groups excluding carboxylic acids is 1. The van der Waals surface area contributed by atoms with Gasteiger partial charge in [-0.3, -0.25) is 14.2 Å². The summed E-state index contributed by atoms with van der Waals surface area (Å²) in [5, 5.41) is 4.06. The Morgan fingerprint density at radius 2 is 1.94 bits per heavy atom. The van der Waals surface area contributed by atoms with Gasteiger partial charge in [0.2, 0.25) is 5.91 Å². The Kier molecular flexibility index (Phi) is 6.13. The number of methoxy groups -OCH3 is 1. The highest BCUT2D eigenvalue weighted by molar-refractivity contribution is 7.17. The molecule has 1 N–H and O–H groups in total. The van der Waals surface area contributed by atoms with E-state index in [0.717, 1.165) is 33.9 Å². The summed E-state index contributed by atoms with van der Waals surface area (Å²) >= 11 is 7.11.